The van der Waals surface area contributed by atoms with Gasteiger partial charge in [0.15, 0.2) is 5.78 Å². The van der Waals surface area contributed by atoms with Gasteiger partial charge in [-0.25, -0.2) is 4.39 Å². The lowest BCUT2D eigenvalue weighted by atomic mass is 9.82. The molecule has 0 N–H and O–H groups in total. The molecule has 1 fully saturated rings. The van der Waals surface area contributed by atoms with Crippen LogP contribution in [0.25, 0.3) is 0 Å². The van der Waals surface area contributed by atoms with Gasteiger partial charge in [-0.05, 0) is 63.9 Å². The SMILES string of the molecule is CCOCC1(CCc2ccc(F)cn2)CCN(CC(=O)c2ccc(C)nc2)C1. The number of pyridine rings is 2. The minimum Gasteiger partial charge on any atom is -0.381 e. The molecule has 2 aromatic rings. The van der Waals surface area contributed by atoms with Gasteiger partial charge in [0.05, 0.1) is 19.3 Å². The van der Waals surface area contributed by atoms with Crippen molar-refractivity contribution in [3.8, 4) is 0 Å². The van der Waals surface area contributed by atoms with Gasteiger partial charge in [0.25, 0.3) is 0 Å². The molecule has 150 valence electrons. The summed E-state index contributed by atoms with van der Waals surface area (Å²) in [6.45, 7) is 7.33. The lowest BCUT2D eigenvalue weighted by Crippen LogP contribution is -2.34. The molecular weight excluding hydrogens is 357 g/mol. The van der Waals surface area contributed by atoms with Crippen molar-refractivity contribution >= 4 is 5.78 Å². The lowest BCUT2D eigenvalue weighted by Gasteiger charge is -2.29. The maximum Gasteiger partial charge on any atom is 0.178 e. The average molecular weight is 385 g/mol. The van der Waals surface area contributed by atoms with Crippen molar-refractivity contribution in [2.75, 3.05) is 32.8 Å². The van der Waals surface area contributed by atoms with E-state index in [1.807, 2.05) is 26.0 Å². The molecule has 3 rings (SSSR count). The Labute approximate surface area is 166 Å². The molecule has 5 nitrogen and oxygen atoms in total. The van der Waals surface area contributed by atoms with Crippen LogP contribution < -0.4 is 0 Å². The third kappa shape index (κ3) is 5.42. The Hall–Kier alpha value is -2.18. The van der Waals surface area contributed by atoms with E-state index in [4.69, 9.17) is 4.74 Å². The van der Waals surface area contributed by atoms with Gasteiger partial charge in [0.1, 0.15) is 5.82 Å². The van der Waals surface area contributed by atoms with E-state index in [0.29, 0.717) is 25.3 Å². The molecule has 0 aromatic carbocycles. The first kappa shape index (κ1) is 20.6. The summed E-state index contributed by atoms with van der Waals surface area (Å²) in [5, 5.41) is 0. The van der Waals surface area contributed by atoms with Gasteiger partial charge in [-0.2, -0.15) is 0 Å². The van der Waals surface area contributed by atoms with Crippen LogP contribution in [0.1, 0.15) is 41.5 Å². The molecule has 28 heavy (non-hydrogen) atoms. The molecule has 3 heterocycles. The molecular formula is C22H28FN3O2. The van der Waals surface area contributed by atoms with Crippen molar-refractivity contribution in [3.05, 3.63) is 59.4 Å². The first-order valence-electron chi connectivity index (χ1n) is 9.86. The second-order valence-corrected chi connectivity index (χ2v) is 7.68. The maximum absolute atomic E-state index is 13.1. The van der Waals surface area contributed by atoms with Gasteiger partial charge in [0, 0.05) is 41.7 Å². The van der Waals surface area contributed by atoms with Crippen LogP contribution in [0.2, 0.25) is 0 Å². The number of hydrogen-bond acceptors (Lipinski definition) is 5. The van der Waals surface area contributed by atoms with Crippen molar-refractivity contribution in [2.45, 2.75) is 33.1 Å². The Morgan fingerprint density at radius 2 is 2.11 bits per heavy atom. The Morgan fingerprint density at radius 3 is 2.79 bits per heavy atom. The van der Waals surface area contributed by atoms with Crippen molar-refractivity contribution in [1.29, 1.82) is 0 Å². The first-order chi connectivity index (χ1) is 13.5. The van der Waals surface area contributed by atoms with E-state index in [-0.39, 0.29) is 17.0 Å². The molecule has 0 amide bonds. The number of carbonyl (C=O) groups is 1. The zero-order valence-electron chi connectivity index (χ0n) is 16.7. The normalized spacial score (nSPS) is 19.8. The number of hydrogen-bond donors (Lipinski definition) is 0. The summed E-state index contributed by atoms with van der Waals surface area (Å²) < 4.78 is 18.9. The third-order valence-electron chi connectivity index (χ3n) is 5.43. The molecule has 1 aliphatic heterocycles. The Balaban J connectivity index is 1.61. The monoisotopic (exact) mass is 385 g/mol. The lowest BCUT2D eigenvalue weighted by molar-refractivity contribution is 0.0489. The van der Waals surface area contributed by atoms with Gasteiger partial charge in [-0.3, -0.25) is 19.7 Å². The predicted octanol–water partition coefficient (Wildman–Crippen LogP) is 3.47. The zero-order chi connectivity index (χ0) is 20.0. The molecule has 0 saturated carbocycles. The van der Waals surface area contributed by atoms with Crippen molar-refractivity contribution in [1.82, 2.24) is 14.9 Å². The molecule has 0 bridgehead atoms. The van der Waals surface area contributed by atoms with Gasteiger partial charge in [-0.15, -0.1) is 0 Å². The summed E-state index contributed by atoms with van der Waals surface area (Å²) in [5.41, 5.74) is 2.45. The topological polar surface area (TPSA) is 55.3 Å². The number of carbonyl (C=O) groups excluding carboxylic acids is 1. The molecule has 1 unspecified atom stereocenters. The number of aryl methyl sites for hydroxylation is 2. The summed E-state index contributed by atoms with van der Waals surface area (Å²) in [6, 6.07) is 6.90. The number of halogens is 1. The van der Waals surface area contributed by atoms with Crippen molar-refractivity contribution < 1.29 is 13.9 Å². The second-order valence-electron chi connectivity index (χ2n) is 7.68. The highest BCUT2D eigenvalue weighted by Crippen LogP contribution is 2.35. The Morgan fingerprint density at radius 1 is 1.25 bits per heavy atom. The number of rotatable bonds is 9. The number of nitrogens with zero attached hydrogens (tertiary/aromatic N) is 3. The van der Waals surface area contributed by atoms with E-state index < -0.39 is 0 Å². The highest BCUT2D eigenvalue weighted by atomic mass is 19.1. The van der Waals surface area contributed by atoms with E-state index in [2.05, 4.69) is 14.9 Å². The van der Waals surface area contributed by atoms with Gasteiger partial charge >= 0.3 is 0 Å². The highest BCUT2D eigenvalue weighted by molar-refractivity contribution is 5.97. The van der Waals surface area contributed by atoms with Crippen LogP contribution in [0.15, 0.2) is 36.7 Å². The van der Waals surface area contributed by atoms with Crippen LogP contribution in [0.5, 0.6) is 0 Å². The summed E-state index contributed by atoms with van der Waals surface area (Å²) >= 11 is 0. The number of aromatic nitrogens is 2. The Kier molecular flexibility index (Phi) is 6.86. The largest absolute Gasteiger partial charge is 0.381 e. The maximum atomic E-state index is 13.1. The number of ketones is 1. The summed E-state index contributed by atoms with van der Waals surface area (Å²) in [6.07, 6.45) is 5.58. The fourth-order valence-corrected chi connectivity index (χ4v) is 3.75. The van der Waals surface area contributed by atoms with E-state index in [1.54, 1.807) is 12.3 Å². The number of likely N-dealkylation sites (tertiary alicyclic amines) is 1. The summed E-state index contributed by atoms with van der Waals surface area (Å²) in [4.78, 5) is 23.2. The van der Waals surface area contributed by atoms with Crippen LogP contribution in [-0.2, 0) is 11.2 Å². The summed E-state index contributed by atoms with van der Waals surface area (Å²) in [7, 11) is 0. The van der Waals surface area contributed by atoms with E-state index >= 15 is 0 Å². The minimum absolute atomic E-state index is 0.00210. The molecule has 1 saturated heterocycles. The fraction of sp³-hybridized carbons (Fsp3) is 0.500. The molecule has 2 aromatic heterocycles. The highest BCUT2D eigenvalue weighted by Gasteiger charge is 2.38. The number of ether oxygens (including phenoxy) is 1. The molecule has 1 aliphatic rings. The van der Waals surface area contributed by atoms with Crippen LogP contribution >= 0.6 is 0 Å². The molecule has 0 aliphatic carbocycles. The summed E-state index contributed by atoms with van der Waals surface area (Å²) in [5.74, 6) is -0.219. The third-order valence-corrected chi connectivity index (χ3v) is 5.43. The van der Waals surface area contributed by atoms with Gasteiger partial charge in [0.2, 0.25) is 0 Å². The van der Waals surface area contributed by atoms with Gasteiger partial charge < -0.3 is 4.74 Å². The molecule has 0 radical (unpaired) electrons. The molecule has 0 spiro atoms. The molecule has 1 atom stereocenters. The quantitative estimate of drug-likeness (QED) is 0.619. The standard InChI is InChI=1S/C22H28FN3O2/c1-3-28-16-22(9-8-20-7-6-19(23)13-25-20)10-11-26(15-22)14-21(27)18-5-4-17(2)24-12-18/h4-7,12-13H,3,8-11,14-16H2,1-2H3. The number of Topliss-reactive ketones (excluding diaryl/α,β-unsaturated/α-hetero) is 1. The van der Waals surface area contributed by atoms with E-state index in [0.717, 1.165) is 43.7 Å². The smallest absolute Gasteiger partial charge is 0.178 e. The average Bonchev–Trinajstić information content (AvgIpc) is 3.09. The van der Waals surface area contributed by atoms with Crippen LogP contribution in [-0.4, -0.2) is 53.5 Å². The van der Waals surface area contributed by atoms with Crippen LogP contribution in [0.4, 0.5) is 4.39 Å². The zero-order valence-corrected chi connectivity index (χ0v) is 16.7. The Bertz CT molecular complexity index is 779. The van der Waals surface area contributed by atoms with Crippen LogP contribution in [0.3, 0.4) is 0 Å². The van der Waals surface area contributed by atoms with Crippen molar-refractivity contribution in [2.24, 2.45) is 5.41 Å². The van der Waals surface area contributed by atoms with Gasteiger partial charge in [-0.1, -0.05) is 0 Å². The van der Waals surface area contributed by atoms with Crippen molar-refractivity contribution in [3.63, 3.8) is 0 Å². The van der Waals surface area contributed by atoms with E-state index in [1.165, 1.54) is 12.3 Å². The molecule has 6 heteroatoms. The first-order valence-corrected chi connectivity index (χ1v) is 9.86. The minimum atomic E-state index is -0.316. The van der Waals surface area contributed by atoms with Crippen LogP contribution in [0, 0.1) is 18.2 Å². The predicted molar refractivity (Wildman–Crippen MR) is 106 cm³/mol. The van der Waals surface area contributed by atoms with E-state index in [9.17, 15) is 9.18 Å². The second kappa shape index (κ2) is 9.34. The fourth-order valence-electron chi connectivity index (χ4n) is 3.75.